The SMILES string of the molecule is COC(=O)Cc1ccc2c(c1)c(C(=O)N1CCOCC1)cn2S(=O)(=O)c1ccc(C)cc1. The van der Waals surface area contributed by atoms with Crippen molar-refractivity contribution >= 4 is 32.8 Å². The van der Waals surface area contributed by atoms with Gasteiger partial charge in [-0.2, -0.15) is 0 Å². The predicted molar refractivity (Wildman–Crippen MR) is 118 cm³/mol. The van der Waals surface area contributed by atoms with Crippen molar-refractivity contribution < 1.29 is 27.5 Å². The van der Waals surface area contributed by atoms with E-state index in [1.165, 1.54) is 13.3 Å². The zero-order valence-electron chi connectivity index (χ0n) is 17.9. The Labute approximate surface area is 186 Å². The summed E-state index contributed by atoms with van der Waals surface area (Å²) in [6, 6.07) is 11.5. The van der Waals surface area contributed by atoms with Crippen LogP contribution in [0, 0.1) is 6.92 Å². The third kappa shape index (κ3) is 4.13. The summed E-state index contributed by atoms with van der Waals surface area (Å²) >= 11 is 0. The summed E-state index contributed by atoms with van der Waals surface area (Å²) in [6.45, 7) is 3.60. The standard InChI is InChI=1S/C23H24N2O6S/c1-16-3-6-18(7-4-16)32(28,29)25-15-20(23(27)24-9-11-31-12-10-24)19-13-17(5-8-21(19)25)14-22(26)30-2/h3-8,13,15H,9-12,14H2,1-2H3. The fourth-order valence-corrected chi connectivity index (χ4v) is 5.10. The number of hydrogen-bond acceptors (Lipinski definition) is 6. The molecule has 3 aromatic rings. The highest BCUT2D eigenvalue weighted by atomic mass is 32.2. The largest absolute Gasteiger partial charge is 0.469 e. The molecule has 0 radical (unpaired) electrons. The van der Waals surface area contributed by atoms with Gasteiger partial charge in [-0.25, -0.2) is 12.4 Å². The number of aryl methyl sites for hydroxylation is 1. The Morgan fingerprint density at radius 2 is 1.75 bits per heavy atom. The number of aromatic nitrogens is 1. The van der Waals surface area contributed by atoms with Gasteiger partial charge in [0.2, 0.25) is 0 Å². The lowest BCUT2D eigenvalue weighted by molar-refractivity contribution is -0.139. The summed E-state index contributed by atoms with van der Waals surface area (Å²) in [5, 5.41) is 0.471. The molecule has 1 fully saturated rings. The van der Waals surface area contributed by atoms with E-state index in [4.69, 9.17) is 9.47 Å². The first-order valence-electron chi connectivity index (χ1n) is 10.2. The maximum Gasteiger partial charge on any atom is 0.309 e. The monoisotopic (exact) mass is 456 g/mol. The summed E-state index contributed by atoms with van der Waals surface area (Å²) in [7, 11) is -2.63. The second-order valence-electron chi connectivity index (χ2n) is 7.67. The molecule has 1 aliphatic heterocycles. The van der Waals surface area contributed by atoms with Gasteiger partial charge in [0.05, 0.1) is 42.7 Å². The number of ether oxygens (including phenoxy) is 2. The molecule has 0 atom stereocenters. The van der Waals surface area contributed by atoms with Crippen LogP contribution in [0.15, 0.2) is 53.6 Å². The molecular formula is C23H24N2O6S. The van der Waals surface area contributed by atoms with E-state index in [9.17, 15) is 18.0 Å². The Morgan fingerprint density at radius 3 is 2.41 bits per heavy atom. The third-order valence-electron chi connectivity index (χ3n) is 5.52. The molecule has 0 spiro atoms. The molecule has 168 valence electrons. The number of morpholine rings is 1. The lowest BCUT2D eigenvalue weighted by Crippen LogP contribution is -2.40. The van der Waals surface area contributed by atoms with E-state index in [-0.39, 0.29) is 22.8 Å². The van der Waals surface area contributed by atoms with Gasteiger partial charge in [0.25, 0.3) is 15.9 Å². The second-order valence-corrected chi connectivity index (χ2v) is 9.48. The summed E-state index contributed by atoms with van der Waals surface area (Å²) in [5.74, 6) is -0.691. The number of rotatable bonds is 5. The lowest BCUT2D eigenvalue weighted by Gasteiger charge is -2.26. The number of benzene rings is 2. The first-order chi connectivity index (χ1) is 15.3. The molecule has 1 saturated heterocycles. The molecule has 32 heavy (non-hydrogen) atoms. The van der Waals surface area contributed by atoms with Crippen molar-refractivity contribution in [2.75, 3.05) is 33.4 Å². The van der Waals surface area contributed by atoms with E-state index in [1.54, 1.807) is 47.4 Å². The molecule has 2 heterocycles. The van der Waals surface area contributed by atoms with Crippen molar-refractivity contribution in [1.82, 2.24) is 8.87 Å². The number of fused-ring (bicyclic) bond motifs is 1. The minimum Gasteiger partial charge on any atom is -0.469 e. The van der Waals surface area contributed by atoms with E-state index < -0.39 is 16.0 Å². The van der Waals surface area contributed by atoms with Crippen LogP contribution in [0.1, 0.15) is 21.5 Å². The van der Waals surface area contributed by atoms with Crippen LogP contribution in [0.5, 0.6) is 0 Å². The van der Waals surface area contributed by atoms with Crippen molar-refractivity contribution in [2.24, 2.45) is 0 Å². The van der Waals surface area contributed by atoms with Crippen LogP contribution >= 0.6 is 0 Å². The van der Waals surface area contributed by atoms with E-state index in [0.29, 0.717) is 42.8 Å². The first-order valence-corrected chi connectivity index (χ1v) is 11.7. The molecule has 0 bridgehead atoms. The highest BCUT2D eigenvalue weighted by Crippen LogP contribution is 2.29. The van der Waals surface area contributed by atoms with Gasteiger partial charge in [0.1, 0.15) is 0 Å². The van der Waals surface area contributed by atoms with Gasteiger partial charge in [-0.1, -0.05) is 23.8 Å². The summed E-state index contributed by atoms with van der Waals surface area (Å²) in [6.07, 6.45) is 1.40. The molecule has 9 heteroatoms. The molecule has 1 amide bonds. The van der Waals surface area contributed by atoms with Crippen LogP contribution in [0.25, 0.3) is 10.9 Å². The average Bonchev–Trinajstić information content (AvgIpc) is 3.19. The number of carbonyl (C=O) groups is 2. The highest BCUT2D eigenvalue weighted by molar-refractivity contribution is 7.90. The molecule has 2 aromatic carbocycles. The smallest absolute Gasteiger partial charge is 0.309 e. The van der Waals surface area contributed by atoms with Gasteiger partial charge >= 0.3 is 5.97 Å². The molecule has 1 aliphatic rings. The van der Waals surface area contributed by atoms with Crippen LogP contribution in [0.3, 0.4) is 0 Å². The maximum atomic E-state index is 13.4. The Morgan fingerprint density at radius 1 is 1.06 bits per heavy atom. The van der Waals surface area contributed by atoms with Gasteiger partial charge in [0.15, 0.2) is 0 Å². The van der Waals surface area contributed by atoms with Crippen molar-refractivity contribution in [2.45, 2.75) is 18.2 Å². The normalized spacial score (nSPS) is 14.5. The topological polar surface area (TPSA) is 94.9 Å². The van der Waals surface area contributed by atoms with Gasteiger partial charge in [-0.3, -0.25) is 9.59 Å². The maximum absolute atomic E-state index is 13.4. The van der Waals surface area contributed by atoms with Crippen molar-refractivity contribution in [3.8, 4) is 0 Å². The Kier molecular flexibility index (Phi) is 6.03. The lowest BCUT2D eigenvalue weighted by atomic mass is 10.1. The zero-order chi connectivity index (χ0) is 22.9. The quantitative estimate of drug-likeness (QED) is 0.547. The number of amides is 1. The third-order valence-corrected chi connectivity index (χ3v) is 7.21. The average molecular weight is 457 g/mol. The number of methoxy groups -OCH3 is 1. The minimum absolute atomic E-state index is 0.0213. The number of carbonyl (C=O) groups excluding carboxylic acids is 2. The fourth-order valence-electron chi connectivity index (χ4n) is 3.73. The van der Waals surface area contributed by atoms with Crippen LogP contribution in [0.2, 0.25) is 0 Å². The second kappa shape index (κ2) is 8.76. The number of nitrogens with zero attached hydrogens (tertiary/aromatic N) is 2. The summed E-state index contributed by atoms with van der Waals surface area (Å²) in [4.78, 5) is 26.8. The van der Waals surface area contributed by atoms with Gasteiger partial charge < -0.3 is 14.4 Å². The van der Waals surface area contributed by atoms with Crippen LogP contribution in [0.4, 0.5) is 0 Å². The van der Waals surface area contributed by atoms with Crippen LogP contribution < -0.4 is 0 Å². The van der Waals surface area contributed by atoms with Gasteiger partial charge in [-0.05, 0) is 36.8 Å². The van der Waals surface area contributed by atoms with Crippen molar-refractivity contribution in [1.29, 1.82) is 0 Å². The highest BCUT2D eigenvalue weighted by Gasteiger charge is 2.27. The fraction of sp³-hybridized carbons (Fsp3) is 0.304. The first kappa shape index (κ1) is 22.0. The molecular weight excluding hydrogens is 432 g/mol. The summed E-state index contributed by atoms with van der Waals surface area (Å²) < 4.78 is 38.1. The van der Waals surface area contributed by atoms with Crippen LogP contribution in [-0.2, 0) is 30.7 Å². The van der Waals surface area contributed by atoms with Crippen LogP contribution in [-0.4, -0.2) is 62.6 Å². The Bertz CT molecular complexity index is 1270. The van der Waals surface area contributed by atoms with E-state index in [2.05, 4.69) is 0 Å². The summed E-state index contributed by atoms with van der Waals surface area (Å²) in [5.41, 5.74) is 2.21. The predicted octanol–water partition coefficient (Wildman–Crippen LogP) is 2.37. The molecule has 1 aromatic heterocycles. The Balaban J connectivity index is 1.87. The zero-order valence-corrected chi connectivity index (χ0v) is 18.7. The van der Waals surface area contributed by atoms with E-state index in [1.807, 2.05) is 6.92 Å². The number of hydrogen-bond donors (Lipinski definition) is 0. The molecule has 4 rings (SSSR count). The molecule has 0 N–H and O–H groups in total. The van der Waals surface area contributed by atoms with Gasteiger partial charge in [-0.15, -0.1) is 0 Å². The molecule has 0 aliphatic carbocycles. The van der Waals surface area contributed by atoms with Crippen molar-refractivity contribution in [3.05, 3.63) is 65.4 Å². The van der Waals surface area contributed by atoms with E-state index in [0.717, 1.165) is 9.54 Å². The molecule has 8 nitrogen and oxygen atoms in total. The molecule has 0 saturated carbocycles. The minimum atomic E-state index is -3.94. The molecule has 0 unspecified atom stereocenters. The van der Waals surface area contributed by atoms with Gasteiger partial charge in [0, 0.05) is 24.7 Å². The number of esters is 1. The Hall–Kier alpha value is -3.17. The van der Waals surface area contributed by atoms with E-state index >= 15 is 0 Å². The van der Waals surface area contributed by atoms with Crippen molar-refractivity contribution in [3.63, 3.8) is 0 Å².